The van der Waals surface area contributed by atoms with Crippen LogP contribution in [0.3, 0.4) is 0 Å². The molecule has 1 aliphatic carbocycles. The Bertz CT molecular complexity index is 804. The predicted molar refractivity (Wildman–Crippen MR) is 101 cm³/mol. The van der Waals surface area contributed by atoms with Gasteiger partial charge in [-0.25, -0.2) is 4.98 Å². The van der Waals surface area contributed by atoms with Gasteiger partial charge in [0.2, 0.25) is 0 Å². The maximum atomic E-state index is 12.4. The molecule has 1 N–H and O–H groups in total. The van der Waals surface area contributed by atoms with Crippen molar-refractivity contribution in [2.24, 2.45) is 5.92 Å². The number of hydrogen-bond acceptors (Lipinski definition) is 5. The van der Waals surface area contributed by atoms with E-state index in [2.05, 4.69) is 34.3 Å². The van der Waals surface area contributed by atoms with Crippen molar-refractivity contribution in [2.75, 3.05) is 18.0 Å². The molecule has 1 saturated carbocycles. The number of hydrogen-bond donors (Lipinski definition) is 1. The summed E-state index contributed by atoms with van der Waals surface area (Å²) in [5.74, 6) is 4.17. The third-order valence-electron chi connectivity index (χ3n) is 5.75. The van der Waals surface area contributed by atoms with Gasteiger partial charge >= 0.3 is 0 Å². The van der Waals surface area contributed by atoms with E-state index in [-0.39, 0.29) is 5.56 Å². The minimum Gasteiger partial charge on any atom is -0.464 e. The monoisotopic (exact) mass is 356 g/mol. The van der Waals surface area contributed by atoms with Crippen molar-refractivity contribution in [3.63, 3.8) is 0 Å². The number of nitrogens with one attached hydrogen (secondary N) is 1. The molecule has 2 aromatic heterocycles. The van der Waals surface area contributed by atoms with Gasteiger partial charge in [-0.05, 0) is 44.2 Å². The zero-order chi connectivity index (χ0) is 18.1. The molecule has 2 fully saturated rings. The van der Waals surface area contributed by atoms with E-state index in [1.165, 1.54) is 6.42 Å². The Morgan fingerprint density at radius 3 is 2.77 bits per heavy atom. The number of furan rings is 1. The third-order valence-corrected chi connectivity index (χ3v) is 5.75. The van der Waals surface area contributed by atoms with Crippen molar-refractivity contribution in [1.29, 1.82) is 0 Å². The van der Waals surface area contributed by atoms with Gasteiger partial charge in [0.1, 0.15) is 11.5 Å². The molecule has 1 saturated heterocycles. The lowest BCUT2D eigenvalue weighted by molar-refractivity contribution is 0.379. The Labute approximate surface area is 154 Å². The summed E-state index contributed by atoms with van der Waals surface area (Å²) in [6, 6.07) is 4.69. The van der Waals surface area contributed by atoms with Gasteiger partial charge in [-0.2, -0.15) is 0 Å². The van der Waals surface area contributed by atoms with Crippen molar-refractivity contribution in [2.45, 2.75) is 58.2 Å². The van der Waals surface area contributed by atoms with E-state index in [4.69, 9.17) is 4.42 Å². The molecule has 0 bridgehead atoms. The average Bonchev–Trinajstić information content (AvgIpc) is 3.21. The van der Waals surface area contributed by atoms with Crippen LogP contribution in [0.5, 0.6) is 0 Å². The number of nitrogens with zero attached hydrogens (tertiary/aromatic N) is 3. The lowest BCUT2D eigenvalue weighted by atomic mass is 10.1. The molecular formula is C20H28N4O2. The number of piperidine rings is 1. The van der Waals surface area contributed by atoms with Gasteiger partial charge in [0, 0.05) is 44.0 Å². The van der Waals surface area contributed by atoms with E-state index in [0.717, 1.165) is 49.9 Å². The normalized spacial score (nSPS) is 23.4. The van der Waals surface area contributed by atoms with Crippen molar-refractivity contribution in [1.82, 2.24) is 14.9 Å². The first-order valence-electron chi connectivity index (χ1n) is 9.78. The van der Waals surface area contributed by atoms with Crippen molar-refractivity contribution in [3.05, 3.63) is 46.4 Å². The molecule has 0 aromatic carbocycles. The Kier molecular flexibility index (Phi) is 4.85. The van der Waals surface area contributed by atoms with Crippen LogP contribution in [-0.2, 0) is 13.1 Å². The van der Waals surface area contributed by atoms with Gasteiger partial charge in [0.15, 0.2) is 5.82 Å². The van der Waals surface area contributed by atoms with Gasteiger partial charge in [-0.15, -0.1) is 0 Å². The molecule has 26 heavy (non-hydrogen) atoms. The van der Waals surface area contributed by atoms with E-state index >= 15 is 0 Å². The van der Waals surface area contributed by atoms with Crippen LogP contribution < -0.4 is 15.8 Å². The van der Waals surface area contributed by atoms with Crippen LogP contribution >= 0.6 is 0 Å². The molecule has 0 unspecified atom stereocenters. The Morgan fingerprint density at radius 1 is 1.31 bits per heavy atom. The predicted octanol–water partition coefficient (Wildman–Crippen LogP) is 2.74. The minimum absolute atomic E-state index is 0.0128. The second kappa shape index (κ2) is 7.27. The molecule has 0 amide bonds. The van der Waals surface area contributed by atoms with E-state index in [9.17, 15) is 4.79 Å². The summed E-state index contributed by atoms with van der Waals surface area (Å²) in [7, 11) is 0. The molecule has 2 aromatic rings. The maximum absolute atomic E-state index is 12.4. The van der Waals surface area contributed by atoms with E-state index < -0.39 is 0 Å². The van der Waals surface area contributed by atoms with Gasteiger partial charge < -0.3 is 19.2 Å². The molecule has 0 spiro atoms. The summed E-state index contributed by atoms with van der Waals surface area (Å²) in [6.45, 7) is 7.42. The van der Waals surface area contributed by atoms with Crippen LogP contribution in [0.4, 0.5) is 5.82 Å². The summed E-state index contributed by atoms with van der Waals surface area (Å²) < 4.78 is 7.68. The van der Waals surface area contributed by atoms with Gasteiger partial charge in [-0.3, -0.25) is 4.79 Å². The first kappa shape index (κ1) is 17.3. The first-order valence-corrected chi connectivity index (χ1v) is 9.78. The highest BCUT2D eigenvalue weighted by Gasteiger charge is 2.36. The van der Waals surface area contributed by atoms with E-state index in [1.807, 2.05) is 6.92 Å². The maximum Gasteiger partial charge on any atom is 0.293 e. The summed E-state index contributed by atoms with van der Waals surface area (Å²) >= 11 is 0. The molecule has 1 aliphatic heterocycles. The number of anilines is 1. The molecular weight excluding hydrogens is 328 g/mol. The Hall–Kier alpha value is -2.08. The quantitative estimate of drug-likeness (QED) is 0.862. The summed E-state index contributed by atoms with van der Waals surface area (Å²) in [5.41, 5.74) is 0.0128. The molecule has 2 aliphatic rings. The Morgan fingerprint density at radius 2 is 2.08 bits per heavy atom. The van der Waals surface area contributed by atoms with E-state index in [1.54, 1.807) is 17.0 Å². The largest absolute Gasteiger partial charge is 0.464 e. The highest BCUT2D eigenvalue weighted by Crippen LogP contribution is 2.47. The number of aromatic nitrogens is 2. The van der Waals surface area contributed by atoms with E-state index in [0.29, 0.717) is 24.3 Å². The van der Waals surface area contributed by atoms with Crippen LogP contribution in [0.2, 0.25) is 0 Å². The van der Waals surface area contributed by atoms with Crippen molar-refractivity contribution >= 4 is 5.82 Å². The topological polar surface area (TPSA) is 63.3 Å². The standard InChI is InChI=1S/C20H28N4O2/c1-3-23-11-8-21-19(20(23)25)24-9-6-15(7-10-24)22-13-16-4-5-18(26-16)17-12-14(17)2/h4-5,8,11,14-15,17,22H,3,6-7,9-10,12-13H2,1-2H3/t14-,17-/m1/s1. The molecule has 0 radical (unpaired) electrons. The number of rotatable bonds is 6. The fourth-order valence-corrected chi connectivity index (χ4v) is 3.85. The van der Waals surface area contributed by atoms with Gasteiger partial charge in [0.25, 0.3) is 5.56 Å². The molecule has 140 valence electrons. The number of aryl methyl sites for hydroxylation is 1. The second-order valence-electron chi connectivity index (χ2n) is 7.61. The Balaban J connectivity index is 1.29. The van der Waals surface area contributed by atoms with Crippen LogP contribution in [0, 0.1) is 5.92 Å². The minimum atomic E-state index is 0.0128. The fraction of sp³-hybridized carbons (Fsp3) is 0.600. The summed E-state index contributed by atoms with van der Waals surface area (Å²) in [4.78, 5) is 18.8. The summed E-state index contributed by atoms with van der Waals surface area (Å²) in [6.07, 6.45) is 6.75. The van der Waals surface area contributed by atoms with Gasteiger partial charge in [0.05, 0.1) is 6.54 Å². The average molecular weight is 356 g/mol. The molecule has 6 heteroatoms. The zero-order valence-electron chi connectivity index (χ0n) is 15.6. The lowest BCUT2D eigenvalue weighted by Gasteiger charge is -2.32. The third kappa shape index (κ3) is 3.56. The molecule has 6 nitrogen and oxygen atoms in total. The molecule has 2 atom stereocenters. The zero-order valence-corrected chi connectivity index (χ0v) is 15.6. The van der Waals surface area contributed by atoms with Crippen LogP contribution in [0.25, 0.3) is 0 Å². The second-order valence-corrected chi connectivity index (χ2v) is 7.61. The van der Waals surface area contributed by atoms with Gasteiger partial charge in [-0.1, -0.05) is 6.92 Å². The van der Waals surface area contributed by atoms with Crippen LogP contribution in [-0.4, -0.2) is 28.7 Å². The SMILES string of the molecule is CCn1ccnc(N2CCC(NCc3ccc([C@@H]4C[C@H]4C)o3)CC2)c1=O. The fourth-order valence-electron chi connectivity index (χ4n) is 3.85. The molecule has 3 heterocycles. The van der Waals surface area contributed by atoms with Crippen LogP contribution in [0.1, 0.15) is 50.5 Å². The highest BCUT2D eigenvalue weighted by atomic mass is 16.3. The van der Waals surface area contributed by atoms with Crippen molar-refractivity contribution in [3.8, 4) is 0 Å². The lowest BCUT2D eigenvalue weighted by Crippen LogP contribution is -2.44. The van der Waals surface area contributed by atoms with Crippen LogP contribution in [0.15, 0.2) is 33.7 Å². The first-order chi connectivity index (χ1) is 12.7. The molecule has 4 rings (SSSR count). The summed E-state index contributed by atoms with van der Waals surface area (Å²) in [5, 5.41) is 3.61. The smallest absolute Gasteiger partial charge is 0.293 e. The van der Waals surface area contributed by atoms with Crippen molar-refractivity contribution < 1.29 is 4.42 Å². The highest BCUT2D eigenvalue weighted by molar-refractivity contribution is 5.36.